The maximum atomic E-state index is 12.3. The summed E-state index contributed by atoms with van der Waals surface area (Å²) in [4.78, 5) is 23.2. The molecule has 2 aromatic heterocycles. The summed E-state index contributed by atoms with van der Waals surface area (Å²) in [6, 6.07) is 1.94. The predicted octanol–water partition coefficient (Wildman–Crippen LogP) is 1.54. The van der Waals surface area contributed by atoms with E-state index in [0.29, 0.717) is 18.2 Å². The van der Waals surface area contributed by atoms with Gasteiger partial charge >= 0.3 is 5.97 Å². The predicted molar refractivity (Wildman–Crippen MR) is 69.0 cm³/mol. The maximum absolute atomic E-state index is 12.3. The quantitative estimate of drug-likeness (QED) is 0.858. The highest BCUT2D eigenvalue weighted by Crippen LogP contribution is 2.31. The minimum Gasteiger partial charge on any atom is -0.481 e. The number of carboxylic acid groups (broad SMARTS) is 1. The van der Waals surface area contributed by atoms with E-state index >= 15 is 0 Å². The molecule has 3 rings (SSSR count). The number of carbonyl (C=O) groups is 1. The van der Waals surface area contributed by atoms with Crippen molar-refractivity contribution < 1.29 is 9.90 Å². The normalized spacial score (nSPS) is 23.6. The molecule has 6 heteroatoms. The van der Waals surface area contributed by atoms with Crippen LogP contribution in [-0.4, -0.2) is 25.8 Å². The maximum Gasteiger partial charge on any atom is 0.306 e. The van der Waals surface area contributed by atoms with Crippen molar-refractivity contribution in [1.29, 1.82) is 0 Å². The van der Waals surface area contributed by atoms with Gasteiger partial charge in [0.15, 0.2) is 0 Å². The van der Waals surface area contributed by atoms with Gasteiger partial charge in [-0.3, -0.25) is 14.7 Å². The number of pyridine rings is 1. The molecule has 2 heterocycles. The van der Waals surface area contributed by atoms with Gasteiger partial charge in [0.1, 0.15) is 0 Å². The molecule has 0 radical (unpaired) electrons. The molecule has 0 amide bonds. The lowest BCUT2D eigenvalue weighted by Gasteiger charge is -2.27. The highest BCUT2D eigenvalue weighted by atomic mass is 16.4. The topological polar surface area (TPSA) is 88.0 Å². The lowest BCUT2D eigenvalue weighted by molar-refractivity contribution is -0.143. The first-order valence-corrected chi connectivity index (χ1v) is 6.44. The van der Waals surface area contributed by atoms with Crippen LogP contribution in [0.15, 0.2) is 23.3 Å². The van der Waals surface area contributed by atoms with Crippen LogP contribution in [0.3, 0.4) is 0 Å². The largest absolute Gasteiger partial charge is 0.481 e. The Morgan fingerprint density at radius 1 is 1.37 bits per heavy atom. The molecule has 0 bridgehead atoms. The van der Waals surface area contributed by atoms with Crippen molar-refractivity contribution in [2.24, 2.45) is 5.92 Å². The third-order valence-electron chi connectivity index (χ3n) is 3.97. The number of aliphatic carboxylic acids is 1. The molecule has 0 aliphatic heterocycles. The van der Waals surface area contributed by atoms with E-state index in [1.807, 2.05) is 6.07 Å². The molecule has 1 aliphatic rings. The number of hydrogen-bond donors (Lipinski definition) is 2. The molecule has 2 N–H and O–H groups in total. The fourth-order valence-corrected chi connectivity index (χ4v) is 2.84. The Kier molecular flexibility index (Phi) is 2.85. The van der Waals surface area contributed by atoms with Crippen molar-refractivity contribution >= 4 is 16.9 Å². The molecule has 0 aromatic carbocycles. The minimum atomic E-state index is -0.726. The third-order valence-corrected chi connectivity index (χ3v) is 3.97. The zero-order valence-electron chi connectivity index (χ0n) is 10.4. The molecular formula is C13H15N3O3. The van der Waals surface area contributed by atoms with Crippen molar-refractivity contribution in [2.75, 3.05) is 0 Å². The average molecular weight is 261 g/mol. The highest BCUT2D eigenvalue weighted by molar-refractivity contribution is 5.76. The summed E-state index contributed by atoms with van der Waals surface area (Å²) in [5, 5.41) is 16.2. The third kappa shape index (κ3) is 2.03. The molecule has 1 fully saturated rings. The summed E-state index contributed by atoms with van der Waals surface area (Å²) in [7, 11) is 0. The second kappa shape index (κ2) is 4.53. The molecule has 0 unspecified atom stereocenters. The smallest absolute Gasteiger partial charge is 0.306 e. The van der Waals surface area contributed by atoms with Crippen molar-refractivity contribution in [3.05, 3.63) is 28.8 Å². The highest BCUT2D eigenvalue weighted by Gasteiger charge is 2.27. The van der Waals surface area contributed by atoms with Crippen molar-refractivity contribution in [1.82, 2.24) is 14.8 Å². The average Bonchev–Trinajstić information content (AvgIpc) is 2.88. The van der Waals surface area contributed by atoms with Gasteiger partial charge in [0, 0.05) is 12.2 Å². The molecule has 2 aromatic rings. The zero-order chi connectivity index (χ0) is 13.4. The monoisotopic (exact) mass is 261 g/mol. The van der Waals surface area contributed by atoms with Crippen LogP contribution in [0.25, 0.3) is 10.9 Å². The SMILES string of the molecule is O=C(O)C1CCC(n2ccc3[nH]ncc3c2=O)CC1. The van der Waals surface area contributed by atoms with Gasteiger partial charge in [-0.05, 0) is 31.7 Å². The number of carboxylic acids is 1. The lowest BCUT2D eigenvalue weighted by Crippen LogP contribution is -2.29. The number of rotatable bonds is 2. The van der Waals surface area contributed by atoms with Crippen LogP contribution >= 0.6 is 0 Å². The number of aromatic amines is 1. The van der Waals surface area contributed by atoms with Gasteiger partial charge < -0.3 is 9.67 Å². The van der Waals surface area contributed by atoms with Gasteiger partial charge in [0.25, 0.3) is 5.56 Å². The molecule has 1 aliphatic carbocycles. The fraction of sp³-hybridized carbons (Fsp3) is 0.462. The van der Waals surface area contributed by atoms with Crippen molar-refractivity contribution in [2.45, 2.75) is 31.7 Å². The Balaban J connectivity index is 1.87. The van der Waals surface area contributed by atoms with E-state index in [4.69, 9.17) is 5.11 Å². The Hall–Kier alpha value is -2.11. The standard InChI is InChI=1S/C13H15N3O3/c17-12-10-7-14-15-11(10)5-6-16(12)9-3-1-8(2-4-9)13(18)19/h5-9H,1-4H2,(H,14,15)(H,18,19). The molecule has 0 spiro atoms. The first-order chi connectivity index (χ1) is 9.16. The minimum absolute atomic E-state index is 0.0509. The Morgan fingerprint density at radius 3 is 2.79 bits per heavy atom. The van der Waals surface area contributed by atoms with E-state index in [-0.39, 0.29) is 17.5 Å². The first-order valence-electron chi connectivity index (χ1n) is 6.44. The second-order valence-electron chi connectivity index (χ2n) is 5.07. The van der Waals surface area contributed by atoms with Gasteiger partial charge in [-0.2, -0.15) is 5.10 Å². The number of hydrogen-bond acceptors (Lipinski definition) is 3. The van der Waals surface area contributed by atoms with Gasteiger partial charge in [-0.1, -0.05) is 0 Å². The van der Waals surface area contributed by atoms with E-state index in [2.05, 4.69) is 10.2 Å². The van der Waals surface area contributed by atoms with Crippen LogP contribution in [-0.2, 0) is 4.79 Å². The van der Waals surface area contributed by atoms with Gasteiger partial charge in [0.05, 0.1) is 23.0 Å². The number of nitrogens with one attached hydrogen (secondary N) is 1. The Morgan fingerprint density at radius 2 is 2.11 bits per heavy atom. The van der Waals surface area contributed by atoms with Crippen LogP contribution in [0, 0.1) is 5.92 Å². The summed E-state index contributed by atoms with van der Waals surface area (Å²) in [5.74, 6) is -0.985. The van der Waals surface area contributed by atoms with E-state index in [0.717, 1.165) is 18.4 Å². The van der Waals surface area contributed by atoms with E-state index in [1.54, 1.807) is 10.8 Å². The van der Waals surface area contributed by atoms with Crippen LogP contribution in [0.2, 0.25) is 0 Å². The lowest BCUT2D eigenvalue weighted by atomic mass is 9.86. The molecule has 0 saturated heterocycles. The van der Waals surface area contributed by atoms with Gasteiger partial charge in [-0.25, -0.2) is 0 Å². The molecule has 19 heavy (non-hydrogen) atoms. The van der Waals surface area contributed by atoms with Crippen LogP contribution < -0.4 is 5.56 Å². The molecule has 100 valence electrons. The van der Waals surface area contributed by atoms with E-state index in [9.17, 15) is 9.59 Å². The van der Waals surface area contributed by atoms with Gasteiger partial charge in [-0.15, -0.1) is 0 Å². The Labute approximate surface area is 109 Å². The van der Waals surface area contributed by atoms with Crippen LogP contribution in [0.4, 0.5) is 0 Å². The summed E-state index contributed by atoms with van der Waals surface area (Å²) in [6.45, 7) is 0. The summed E-state index contributed by atoms with van der Waals surface area (Å²) in [5.41, 5.74) is 0.686. The first kappa shape index (κ1) is 12.0. The van der Waals surface area contributed by atoms with Crippen molar-refractivity contribution in [3.8, 4) is 0 Å². The number of nitrogens with zero attached hydrogens (tertiary/aromatic N) is 2. The molecule has 1 saturated carbocycles. The van der Waals surface area contributed by atoms with Crippen LogP contribution in [0.5, 0.6) is 0 Å². The van der Waals surface area contributed by atoms with Crippen molar-refractivity contribution in [3.63, 3.8) is 0 Å². The fourth-order valence-electron chi connectivity index (χ4n) is 2.84. The summed E-state index contributed by atoms with van der Waals surface area (Å²) >= 11 is 0. The Bertz CT molecular complexity index is 665. The second-order valence-corrected chi connectivity index (χ2v) is 5.07. The van der Waals surface area contributed by atoms with E-state index in [1.165, 1.54) is 6.20 Å². The number of H-pyrrole nitrogens is 1. The number of fused-ring (bicyclic) bond motifs is 1. The molecule has 0 atom stereocenters. The summed E-state index contributed by atoms with van der Waals surface area (Å²) in [6.07, 6.45) is 6.05. The molecular weight excluding hydrogens is 246 g/mol. The number of aromatic nitrogens is 3. The zero-order valence-corrected chi connectivity index (χ0v) is 10.4. The van der Waals surface area contributed by atoms with Crippen LogP contribution in [0.1, 0.15) is 31.7 Å². The molecule has 6 nitrogen and oxygen atoms in total. The summed E-state index contributed by atoms with van der Waals surface area (Å²) < 4.78 is 1.72. The van der Waals surface area contributed by atoms with E-state index < -0.39 is 5.97 Å². The van der Waals surface area contributed by atoms with Gasteiger partial charge in [0.2, 0.25) is 0 Å².